The molecule has 2 amide bonds. The second-order valence-corrected chi connectivity index (χ2v) is 7.70. The Hall–Kier alpha value is -4.14. The molecule has 1 heterocycles. The first kappa shape index (κ1) is 22.1. The molecule has 1 aliphatic rings. The zero-order chi connectivity index (χ0) is 23.5. The van der Waals surface area contributed by atoms with Gasteiger partial charge < -0.3 is 14.7 Å². The molecule has 0 unspecified atom stereocenters. The summed E-state index contributed by atoms with van der Waals surface area (Å²) in [6, 6.07) is 17.5. The number of hydrogen-bond donors (Lipinski definition) is 2. The molecule has 3 aromatic rings. The van der Waals surface area contributed by atoms with E-state index in [0.29, 0.717) is 0 Å². The van der Waals surface area contributed by atoms with Crippen molar-refractivity contribution in [1.29, 1.82) is 0 Å². The first-order valence-electron chi connectivity index (χ1n) is 10.6. The number of nitrogens with one attached hydrogen (secondary N) is 1. The molecule has 0 spiro atoms. The van der Waals surface area contributed by atoms with Crippen molar-refractivity contribution in [2.24, 2.45) is 7.05 Å². The number of carboxylic acids is 1. The van der Waals surface area contributed by atoms with Gasteiger partial charge in [-0.1, -0.05) is 48.5 Å². The SMILES string of the molecule is CCN(CC(=O)O)C(=O)c1cc(NC(=O)OCC2c3ccccc3-c3ccccc32)n(C)n1. The molecule has 1 aliphatic carbocycles. The van der Waals surface area contributed by atoms with E-state index in [4.69, 9.17) is 9.84 Å². The number of amides is 2. The molecule has 2 aromatic carbocycles. The van der Waals surface area contributed by atoms with Crippen molar-refractivity contribution >= 4 is 23.8 Å². The Morgan fingerprint density at radius 1 is 1.09 bits per heavy atom. The molecule has 170 valence electrons. The number of aromatic nitrogens is 2. The Balaban J connectivity index is 1.43. The molecule has 0 saturated heterocycles. The molecule has 0 atom stereocenters. The van der Waals surface area contributed by atoms with Crippen molar-refractivity contribution in [2.45, 2.75) is 12.8 Å². The van der Waals surface area contributed by atoms with E-state index >= 15 is 0 Å². The Morgan fingerprint density at radius 2 is 1.70 bits per heavy atom. The van der Waals surface area contributed by atoms with Gasteiger partial charge in [-0.15, -0.1) is 0 Å². The van der Waals surface area contributed by atoms with Crippen molar-refractivity contribution in [2.75, 3.05) is 25.0 Å². The van der Waals surface area contributed by atoms with Gasteiger partial charge in [0.1, 0.15) is 19.0 Å². The van der Waals surface area contributed by atoms with E-state index in [9.17, 15) is 14.4 Å². The Morgan fingerprint density at radius 3 is 2.27 bits per heavy atom. The molecule has 0 bridgehead atoms. The standard InChI is InChI=1S/C24H24N4O5/c1-3-28(13-22(29)30)23(31)20-12-21(27(2)26-20)25-24(32)33-14-19-17-10-6-4-8-15(17)16-9-5-7-11-18(16)19/h4-12,19H,3,13-14H2,1-2H3,(H,25,32)(H,29,30). The van der Waals surface area contributed by atoms with Gasteiger partial charge in [0.2, 0.25) is 0 Å². The molecule has 1 aromatic heterocycles. The summed E-state index contributed by atoms with van der Waals surface area (Å²) in [5.74, 6) is -1.45. The highest BCUT2D eigenvalue weighted by atomic mass is 16.5. The van der Waals surface area contributed by atoms with Crippen LogP contribution in [0.3, 0.4) is 0 Å². The summed E-state index contributed by atoms with van der Waals surface area (Å²) in [7, 11) is 1.57. The van der Waals surface area contributed by atoms with Gasteiger partial charge in [-0.2, -0.15) is 5.10 Å². The highest BCUT2D eigenvalue weighted by molar-refractivity contribution is 5.95. The number of aryl methyl sites for hydroxylation is 1. The van der Waals surface area contributed by atoms with Crippen LogP contribution in [0.15, 0.2) is 54.6 Å². The van der Waals surface area contributed by atoms with Crippen molar-refractivity contribution in [3.8, 4) is 11.1 Å². The highest BCUT2D eigenvalue weighted by Gasteiger charge is 2.29. The van der Waals surface area contributed by atoms with E-state index in [0.717, 1.165) is 27.2 Å². The van der Waals surface area contributed by atoms with Gasteiger partial charge in [0.15, 0.2) is 5.69 Å². The maximum atomic E-state index is 12.5. The predicted molar refractivity (Wildman–Crippen MR) is 121 cm³/mol. The number of ether oxygens (including phenoxy) is 1. The lowest BCUT2D eigenvalue weighted by Gasteiger charge is -2.16. The summed E-state index contributed by atoms with van der Waals surface area (Å²) in [6.45, 7) is 1.63. The quantitative estimate of drug-likeness (QED) is 0.573. The zero-order valence-electron chi connectivity index (χ0n) is 18.3. The highest BCUT2D eigenvalue weighted by Crippen LogP contribution is 2.44. The van der Waals surface area contributed by atoms with Gasteiger partial charge >= 0.3 is 12.1 Å². The fourth-order valence-electron chi connectivity index (χ4n) is 4.08. The second kappa shape index (κ2) is 9.15. The Bertz CT molecular complexity index is 1170. The third kappa shape index (κ3) is 4.43. The van der Waals surface area contributed by atoms with E-state index in [1.165, 1.54) is 10.7 Å². The number of carbonyl (C=O) groups excluding carboxylic acids is 2. The molecule has 9 nitrogen and oxygen atoms in total. The van der Waals surface area contributed by atoms with Crippen LogP contribution in [0.25, 0.3) is 11.1 Å². The van der Waals surface area contributed by atoms with Gasteiger partial charge in [-0.25, -0.2) is 4.79 Å². The molecule has 0 radical (unpaired) electrons. The van der Waals surface area contributed by atoms with Gasteiger partial charge in [-0.3, -0.25) is 19.6 Å². The molecule has 4 rings (SSSR count). The molecule has 0 aliphatic heterocycles. The molecule has 0 saturated carbocycles. The van der Waals surface area contributed by atoms with Gasteiger partial charge in [-0.05, 0) is 29.2 Å². The van der Waals surface area contributed by atoms with Crippen LogP contribution in [-0.2, 0) is 16.6 Å². The summed E-state index contributed by atoms with van der Waals surface area (Å²) in [5, 5.41) is 15.7. The minimum atomic E-state index is -1.11. The smallest absolute Gasteiger partial charge is 0.412 e. The number of hydrogen-bond acceptors (Lipinski definition) is 5. The summed E-state index contributed by atoms with van der Waals surface area (Å²) < 4.78 is 6.86. The number of carboxylic acid groups (broad SMARTS) is 1. The predicted octanol–water partition coefficient (Wildman–Crippen LogP) is 3.33. The van der Waals surface area contributed by atoms with Gasteiger partial charge in [0.05, 0.1) is 0 Å². The largest absolute Gasteiger partial charge is 0.480 e. The number of likely N-dealkylation sites (N-methyl/N-ethyl adjacent to an activating group) is 1. The van der Waals surface area contributed by atoms with E-state index in [-0.39, 0.29) is 30.6 Å². The first-order chi connectivity index (χ1) is 15.9. The van der Waals surface area contributed by atoms with Crippen LogP contribution in [0.2, 0.25) is 0 Å². The molecule has 33 heavy (non-hydrogen) atoms. The molecular weight excluding hydrogens is 424 g/mol. The number of benzene rings is 2. The van der Waals surface area contributed by atoms with Crippen molar-refractivity contribution in [3.05, 3.63) is 71.4 Å². The second-order valence-electron chi connectivity index (χ2n) is 7.70. The number of fused-ring (bicyclic) bond motifs is 3. The number of anilines is 1. The summed E-state index contributed by atoms with van der Waals surface area (Å²) >= 11 is 0. The van der Waals surface area contributed by atoms with Crippen LogP contribution in [0, 0.1) is 0 Å². The Kier molecular flexibility index (Phi) is 6.12. The van der Waals surface area contributed by atoms with Gasteiger partial charge in [0, 0.05) is 25.6 Å². The summed E-state index contributed by atoms with van der Waals surface area (Å²) in [6.07, 6.45) is -0.670. The van der Waals surface area contributed by atoms with Crippen LogP contribution >= 0.6 is 0 Å². The fourth-order valence-corrected chi connectivity index (χ4v) is 4.08. The van der Waals surface area contributed by atoms with Crippen LogP contribution < -0.4 is 5.32 Å². The van der Waals surface area contributed by atoms with E-state index in [1.54, 1.807) is 14.0 Å². The molecule has 0 fully saturated rings. The van der Waals surface area contributed by atoms with Crippen molar-refractivity contribution in [1.82, 2.24) is 14.7 Å². The lowest BCUT2D eigenvalue weighted by Crippen LogP contribution is -2.35. The maximum absolute atomic E-state index is 12.5. The number of carbonyl (C=O) groups is 3. The van der Waals surface area contributed by atoms with E-state index in [1.807, 2.05) is 36.4 Å². The van der Waals surface area contributed by atoms with E-state index in [2.05, 4.69) is 22.5 Å². The summed E-state index contributed by atoms with van der Waals surface area (Å²) in [4.78, 5) is 37.2. The molecular formula is C24H24N4O5. The number of nitrogens with zero attached hydrogens (tertiary/aromatic N) is 3. The average molecular weight is 448 g/mol. The monoisotopic (exact) mass is 448 g/mol. The van der Waals surface area contributed by atoms with Gasteiger partial charge in [0.25, 0.3) is 5.91 Å². The number of rotatable bonds is 7. The molecule has 2 N–H and O–H groups in total. The lowest BCUT2D eigenvalue weighted by molar-refractivity contribution is -0.137. The fraction of sp³-hybridized carbons (Fsp3) is 0.250. The third-order valence-electron chi connectivity index (χ3n) is 5.67. The minimum Gasteiger partial charge on any atom is -0.480 e. The van der Waals surface area contributed by atoms with Crippen molar-refractivity contribution in [3.63, 3.8) is 0 Å². The topological polar surface area (TPSA) is 114 Å². The first-order valence-corrected chi connectivity index (χ1v) is 10.6. The third-order valence-corrected chi connectivity index (χ3v) is 5.67. The zero-order valence-corrected chi connectivity index (χ0v) is 18.3. The van der Waals surface area contributed by atoms with Crippen LogP contribution in [0.4, 0.5) is 10.6 Å². The van der Waals surface area contributed by atoms with E-state index < -0.39 is 24.5 Å². The average Bonchev–Trinajstić information content (AvgIpc) is 3.33. The normalized spacial score (nSPS) is 12.1. The van der Waals surface area contributed by atoms with Crippen LogP contribution in [0.5, 0.6) is 0 Å². The Labute approximate surface area is 190 Å². The van der Waals surface area contributed by atoms with Crippen LogP contribution in [0.1, 0.15) is 34.5 Å². The molecule has 9 heteroatoms. The minimum absolute atomic E-state index is 0.0366. The van der Waals surface area contributed by atoms with Crippen molar-refractivity contribution < 1.29 is 24.2 Å². The lowest BCUT2D eigenvalue weighted by atomic mass is 9.98. The summed E-state index contributed by atoms with van der Waals surface area (Å²) in [5.41, 5.74) is 4.53. The van der Waals surface area contributed by atoms with Crippen LogP contribution in [-0.4, -0.2) is 57.5 Å². The maximum Gasteiger partial charge on any atom is 0.412 e. The number of aliphatic carboxylic acids is 1.